The van der Waals surface area contributed by atoms with E-state index in [9.17, 15) is 23.1 Å². The molecule has 2 atom stereocenters. The van der Waals surface area contributed by atoms with Crippen LogP contribution in [0.5, 0.6) is 11.6 Å². The number of nitrogens with one attached hydrogen (secondary N) is 1. The molecule has 11 heteroatoms. The van der Waals surface area contributed by atoms with Crippen molar-refractivity contribution >= 4 is 29.1 Å². The largest absolute Gasteiger partial charge is 0.437 e. The van der Waals surface area contributed by atoms with Crippen molar-refractivity contribution in [2.45, 2.75) is 44.0 Å². The lowest BCUT2D eigenvalue weighted by molar-refractivity contribution is -0.142. The number of ether oxygens (including phenoxy) is 1. The smallest absolute Gasteiger partial charge is 0.435 e. The number of nitrogens with zero attached hydrogens (tertiary/aromatic N) is 2. The summed E-state index contributed by atoms with van der Waals surface area (Å²) in [7, 11) is 0. The molecule has 1 aromatic heterocycles. The van der Waals surface area contributed by atoms with Crippen LogP contribution in [-0.2, 0) is 6.18 Å². The predicted octanol–water partition coefficient (Wildman–Crippen LogP) is 6.29. The molecule has 2 N–H and O–H groups in total. The number of aliphatic hydroxyl groups excluding tert-OH is 1. The number of para-hydroxylation sites is 1. The number of halogens is 5. The van der Waals surface area contributed by atoms with Gasteiger partial charge in [0.05, 0.1) is 22.2 Å². The topological polar surface area (TPSA) is 84.3 Å². The summed E-state index contributed by atoms with van der Waals surface area (Å²) in [5.74, 6) is -1.33. The molecule has 1 aliphatic rings. The summed E-state index contributed by atoms with van der Waals surface area (Å²) < 4.78 is 47.7. The highest BCUT2D eigenvalue weighted by atomic mass is 35.5. The lowest BCUT2D eigenvalue weighted by Gasteiger charge is -2.28. The second-order valence-electron chi connectivity index (χ2n) is 8.05. The second kappa shape index (κ2) is 10.4. The fourth-order valence-electron chi connectivity index (χ4n) is 3.80. The fraction of sp³-hybridized carbons (Fsp3) is 0.292. The Bertz CT molecular complexity index is 1230. The summed E-state index contributed by atoms with van der Waals surface area (Å²) in [5, 5.41) is 13.0. The van der Waals surface area contributed by atoms with Gasteiger partial charge in [-0.25, -0.2) is 9.97 Å². The number of carbonyl (C=O) groups is 1. The molecule has 184 valence electrons. The van der Waals surface area contributed by atoms with E-state index in [2.05, 4.69) is 15.3 Å². The van der Waals surface area contributed by atoms with Crippen LogP contribution in [0, 0.1) is 0 Å². The van der Waals surface area contributed by atoms with E-state index in [1.807, 2.05) is 0 Å². The molecule has 6 nitrogen and oxygen atoms in total. The molecule has 1 fully saturated rings. The highest BCUT2D eigenvalue weighted by Gasteiger charge is 2.41. The van der Waals surface area contributed by atoms with Gasteiger partial charge in [-0.15, -0.1) is 0 Å². The quantitative estimate of drug-likeness (QED) is 0.408. The third-order valence-electron chi connectivity index (χ3n) is 5.54. The predicted molar refractivity (Wildman–Crippen MR) is 125 cm³/mol. The van der Waals surface area contributed by atoms with Crippen LogP contribution in [-0.4, -0.2) is 33.1 Å². The molecule has 1 aliphatic carbocycles. The Hall–Kier alpha value is -2.88. The molecular formula is C24H20Cl2F3N3O3. The number of amides is 1. The normalized spacial score (nSPS) is 18.2. The first-order chi connectivity index (χ1) is 16.6. The van der Waals surface area contributed by atoms with Crippen LogP contribution in [0.2, 0.25) is 10.0 Å². The molecular weight excluding hydrogens is 506 g/mol. The highest BCUT2D eigenvalue weighted by molar-refractivity contribution is 6.42. The molecule has 3 aromatic rings. The van der Waals surface area contributed by atoms with Gasteiger partial charge >= 0.3 is 6.18 Å². The van der Waals surface area contributed by atoms with E-state index in [1.165, 1.54) is 18.2 Å². The van der Waals surface area contributed by atoms with Crippen LogP contribution in [0.1, 0.15) is 41.9 Å². The molecule has 0 radical (unpaired) electrons. The fourth-order valence-corrected chi connectivity index (χ4v) is 4.09. The van der Waals surface area contributed by atoms with E-state index in [1.54, 1.807) is 30.3 Å². The number of aromatic nitrogens is 2. The van der Waals surface area contributed by atoms with Gasteiger partial charge in [0.2, 0.25) is 5.88 Å². The maximum Gasteiger partial charge on any atom is 0.435 e. The second-order valence-corrected chi connectivity index (χ2v) is 8.86. The molecule has 0 unspecified atom stereocenters. The van der Waals surface area contributed by atoms with Crippen molar-refractivity contribution in [3.8, 4) is 22.9 Å². The molecule has 0 aliphatic heterocycles. The first-order valence-electron chi connectivity index (χ1n) is 10.8. The first-order valence-corrected chi connectivity index (χ1v) is 11.6. The minimum Gasteiger partial charge on any atom is -0.437 e. The van der Waals surface area contributed by atoms with Crippen molar-refractivity contribution in [1.82, 2.24) is 15.3 Å². The van der Waals surface area contributed by atoms with Gasteiger partial charge in [0, 0.05) is 5.56 Å². The van der Waals surface area contributed by atoms with Crippen molar-refractivity contribution in [1.29, 1.82) is 0 Å². The van der Waals surface area contributed by atoms with E-state index in [4.69, 9.17) is 27.9 Å². The van der Waals surface area contributed by atoms with Gasteiger partial charge in [-0.3, -0.25) is 4.79 Å². The minimum absolute atomic E-state index is 0.130. The van der Waals surface area contributed by atoms with Gasteiger partial charge in [-0.1, -0.05) is 60.3 Å². The van der Waals surface area contributed by atoms with Crippen LogP contribution in [0.25, 0.3) is 11.3 Å². The number of hydrogen-bond donors (Lipinski definition) is 2. The standard InChI is InChI=1S/C24H20Cl2F3N3O3/c25-15-11-10-13(12-16(15)26)19-23(35-14-6-2-1-3-7-14)32-21(24(27,28)29)20(31-19)22(34)30-17-8-4-5-9-18(17)33/h1-3,6-7,10-12,17-18,33H,4-5,8-9H2,(H,30,34)/t17-,18-/m1/s1. The maximum absolute atomic E-state index is 14.0. The van der Waals surface area contributed by atoms with Crippen LogP contribution in [0.3, 0.4) is 0 Å². The Balaban J connectivity index is 1.84. The van der Waals surface area contributed by atoms with E-state index < -0.39 is 41.5 Å². The summed E-state index contributed by atoms with van der Waals surface area (Å²) in [5.41, 5.74) is -2.32. The zero-order valence-corrected chi connectivity index (χ0v) is 19.7. The van der Waals surface area contributed by atoms with Crippen LogP contribution in [0.4, 0.5) is 13.2 Å². The Morgan fingerprint density at radius 2 is 1.74 bits per heavy atom. The average molecular weight is 526 g/mol. The van der Waals surface area contributed by atoms with Gasteiger partial charge in [0.25, 0.3) is 5.91 Å². The van der Waals surface area contributed by atoms with Gasteiger partial charge in [0.1, 0.15) is 11.4 Å². The van der Waals surface area contributed by atoms with Crippen LogP contribution < -0.4 is 10.1 Å². The molecule has 1 saturated carbocycles. The van der Waals surface area contributed by atoms with Crippen molar-refractivity contribution in [2.75, 3.05) is 0 Å². The number of benzene rings is 2. The lowest BCUT2D eigenvalue weighted by atomic mass is 9.92. The maximum atomic E-state index is 14.0. The molecule has 0 bridgehead atoms. The van der Waals surface area contributed by atoms with E-state index in [0.29, 0.717) is 12.8 Å². The number of carbonyl (C=O) groups excluding carboxylic acids is 1. The molecule has 0 saturated heterocycles. The summed E-state index contributed by atoms with van der Waals surface area (Å²) in [6, 6.07) is 11.7. The molecule has 1 amide bonds. The molecule has 2 aromatic carbocycles. The summed E-state index contributed by atoms with van der Waals surface area (Å²) >= 11 is 12.1. The molecule has 35 heavy (non-hydrogen) atoms. The first kappa shape index (κ1) is 25.2. The molecule has 1 heterocycles. The number of alkyl halides is 3. The zero-order chi connectivity index (χ0) is 25.2. The Labute approximate surface area is 209 Å². The van der Waals surface area contributed by atoms with Gasteiger partial charge in [-0.2, -0.15) is 13.2 Å². The van der Waals surface area contributed by atoms with Gasteiger partial charge in [0.15, 0.2) is 11.4 Å². The van der Waals surface area contributed by atoms with Crippen LogP contribution >= 0.6 is 23.2 Å². The molecule has 0 spiro atoms. The monoisotopic (exact) mass is 525 g/mol. The van der Waals surface area contributed by atoms with Crippen molar-refractivity contribution in [3.05, 3.63) is 70.0 Å². The Morgan fingerprint density at radius 3 is 2.40 bits per heavy atom. The lowest BCUT2D eigenvalue weighted by Crippen LogP contribution is -2.45. The number of aliphatic hydroxyl groups is 1. The van der Waals surface area contributed by atoms with Crippen molar-refractivity contribution < 1.29 is 27.8 Å². The number of rotatable bonds is 5. The molecule has 4 rings (SSSR count). The third kappa shape index (κ3) is 5.86. The minimum atomic E-state index is -5.00. The van der Waals surface area contributed by atoms with E-state index in [0.717, 1.165) is 12.8 Å². The highest BCUT2D eigenvalue weighted by Crippen LogP contribution is 2.38. The Kier molecular flexibility index (Phi) is 7.49. The average Bonchev–Trinajstić information content (AvgIpc) is 2.82. The van der Waals surface area contributed by atoms with Crippen LogP contribution in [0.15, 0.2) is 48.5 Å². The third-order valence-corrected chi connectivity index (χ3v) is 6.28. The summed E-state index contributed by atoms with van der Waals surface area (Å²) in [6.07, 6.45) is -3.47. The van der Waals surface area contributed by atoms with Gasteiger partial charge in [-0.05, 0) is 37.1 Å². The van der Waals surface area contributed by atoms with Crippen molar-refractivity contribution in [3.63, 3.8) is 0 Å². The van der Waals surface area contributed by atoms with E-state index in [-0.39, 0.29) is 27.1 Å². The van der Waals surface area contributed by atoms with E-state index >= 15 is 0 Å². The van der Waals surface area contributed by atoms with Crippen molar-refractivity contribution in [2.24, 2.45) is 0 Å². The van der Waals surface area contributed by atoms with Gasteiger partial charge < -0.3 is 15.2 Å². The SMILES string of the molecule is O=C(N[C@@H]1CCCC[C@H]1O)c1nc(-c2ccc(Cl)c(Cl)c2)c(Oc2ccccc2)nc1C(F)(F)F. The summed E-state index contributed by atoms with van der Waals surface area (Å²) in [4.78, 5) is 20.7. The number of hydrogen-bond acceptors (Lipinski definition) is 5. The Morgan fingerprint density at radius 1 is 1.03 bits per heavy atom. The summed E-state index contributed by atoms with van der Waals surface area (Å²) in [6.45, 7) is 0. The zero-order valence-electron chi connectivity index (χ0n) is 18.1.